The number of nitrogens with one attached hydrogen (secondary N) is 1. The van der Waals surface area contributed by atoms with Gasteiger partial charge in [-0.05, 0) is 30.5 Å². The molecule has 0 aliphatic heterocycles. The third kappa shape index (κ3) is 4.40. The molecule has 0 aromatic heterocycles. The number of aryl methyl sites for hydroxylation is 1. The fourth-order valence-corrected chi connectivity index (χ4v) is 1.52. The third-order valence-corrected chi connectivity index (χ3v) is 2.66. The molecular formula is C10H12Cl2N2O. The van der Waals surface area contributed by atoms with Crippen LogP contribution in [0.1, 0.15) is 12.0 Å². The van der Waals surface area contributed by atoms with E-state index in [1.807, 2.05) is 12.1 Å². The number of primary amides is 1. The first-order valence-electron chi connectivity index (χ1n) is 4.57. The molecule has 1 aromatic carbocycles. The van der Waals surface area contributed by atoms with Crippen LogP contribution in [-0.2, 0) is 6.42 Å². The minimum Gasteiger partial charge on any atom is -0.352 e. The molecular weight excluding hydrogens is 235 g/mol. The molecule has 0 spiro atoms. The van der Waals surface area contributed by atoms with Gasteiger partial charge in [0.25, 0.3) is 0 Å². The quantitative estimate of drug-likeness (QED) is 0.789. The predicted octanol–water partition coefficient (Wildman–Crippen LogP) is 2.59. The van der Waals surface area contributed by atoms with Crippen molar-refractivity contribution in [2.24, 2.45) is 5.73 Å². The van der Waals surface area contributed by atoms with Crippen molar-refractivity contribution >= 4 is 29.2 Å². The molecule has 0 fully saturated rings. The van der Waals surface area contributed by atoms with Crippen LogP contribution in [0.3, 0.4) is 0 Å². The molecule has 0 radical (unpaired) electrons. The van der Waals surface area contributed by atoms with Gasteiger partial charge in [0.05, 0.1) is 10.0 Å². The monoisotopic (exact) mass is 246 g/mol. The Bertz CT molecular complexity index is 355. The maximum absolute atomic E-state index is 10.4. The highest BCUT2D eigenvalue weighted by Crippen LogP contribution is 2.22. The normalized spacial score (nSPS) is 10.0. The fourth-order valence-electron chi connectivity index (χ4n) is 1.20. The summed E-state index contributed by atoms with van der Waals surface area (Å²) in [7, 11) is 0. The molecule has 3 N–H and O–H groups in total. The summed E-state index contributed by atoms with van der Waals surface area (Å²) in [5, 5.41) is 3.63. The molecule has 0 atom stereocenters. The summed E-state index contributed by atoms with van der Waals surface area (Å²) in [6.45, 7) is 0.565. The number of carbonyl (C=O) groups is 1. The van der Waals surface area contributed by atoms with Crippen LogP contribution in [0.4, 0.5) is 4.79 Å². The number of nitrogens with two attached hydrogens (primary N) is 1. The van der Waals surface area contributed by atoms with Crippen molar-refractivity contribution in [3.8, 4) is 0 Å². The van der Waals surface area contributed by atoms with Gasteiger partial charge >= 0.3 is 6.03 Å². The minimum atomic E-state index is -0.496. The Kier molecular flexibility index (Phi) is 4.72. The van der Waals surface area contributed by atoms with Gasteiger partial charge in [0.1, 0.15) is 0 Å². The second kappa shape index (κ2) is 5.83. The lowest BCUT2D eigenvalue weighted by atomic mass is 10.1. The van der Waals surface area contributed by atoms with Gasteiger partial charge in [-0.25, -0.2) is 4.79 Å². The van der Waals surface area contributed by atoms with Crippen LogP contribution in [0.25, 0.3) is 0 Å². The van der Waals surface area contributed by atoms with E-state index in [-0.39, 0.29) is 0 Å². The molecule has 0 unspecified atom stereocenters. The lowest BCUT2D eigenvalue weighted by Gasteiger charge is -2.03. The minimum absolute atomic E-state index is 0.496. The van der Waals surface area contributed by atoms with Crippen molar-refractivity contribution in [1.82, 2.24) is 5.32 Å². The van der Waals surface area contributed by atoms with Crippen LogP contribution in [-0.4, -0.2) is 12.6 Å². The Morgan fingerprint density at radius 3 is 2.67 bits per heavy atom. The van der Waals surface area contributed by atoms with E-state index in [1.165, 1.54) is 0 Å². The first-order chi connectivity index (χ1) is 7.09. The number of carbonyl (C=O) groups excluding carboxylic acids is 1. The lowest BCUT2D eigenvalue weighted by molar-refractivity contribution is 0.249. The average Bonchev–Trinajstić information content (AvgIpc) is 2.18. The topological polar surface area (TPSA) is 55.1 Å². The molecule has 1 rings (SSSR count). The van der Waals surface area contributed by atoms with Crippen molar-refractivity contribution in [2.45, 2.75) is 12.8 Å². The molecule has 5 heteroatoms. The van der Waals surface area contributed by atoms with Crippen LogP contribution >= 0.6 is 23.2 Å². The molecule has 0 heterocycles. The van der Waals surface area contributed by atoms with Crippen LogP contribution in [0, 0.1) is 0 Å². The summed E-state index contributed by atoms with van der Waals surface area (Å²) < 4.78 is 0. The molecule has 15 heavy (non-hydrogen) atoms. The van der Waals surface area contributed by atoms with Gasteiger partial charge in [-0.2, -0.15) is 0 Å². The summed E-state index contributed by atoms with van der Waals surface area (Å²) in [5.41, 5.74) is 6.02. The summed E-state index contributed by atoms with van der Waals surface area (Å²) in [6, 6.07) is 5.01. The van der Waals surface area contributed by atoms with Crippen LogP contribution < -0.4 is 11.1 Å². The van der Waals surface area contributed by atoms with Crippen molar-refractivity contribution < 1.29 is 4.79 Å². The van der Waals surface area contributed by atoms with E-state index in [4.69, 9.17) is 28.9 Å². The van der Waals surface area contributed by atoms with Crippen molar-refractivity contribution in [2.75, 3.05) is 6.54 Å². The zero-order valence-electron chi connectivity index (χ0n) is 8.09. The summed E-state index contributed by atoms with van der Waals surface area (Å²) >= 11 is 11.6. The van der Waals surface area contributed by atoms with E-state index >= 15 is 0 Å². The van der Waals surface area contributed by atoms with E-state index in [1.54, 1.807) is 6.07 Å². The molecule has 82 valence electrons. The summed E-state index contributed by atoms with van der Waals surface area (Å²) in [5.74, 6) is 0. The van der Waals surface area contributed by atoms with Crippen molar-refractivity contribution in [1.29, 1.82) is 0 Å². The molecule has 3 nitrogen and oxygen atoms in total. The Hall–Kier alpha value is -0.930. The maximum atomic E-state index is 10.4. The number of rotatable bonds is 4. The van der Waals surface area contributed by atoms with Gasteiger partial charge < -0.3 is 11.1 Å². The van der Waals surface area contributed by atoms with Crippen LogP contribution in [0.5, 0.6) is 0 Å². The number of benzene rings is 1. The Morgan fingerprint density at radius 2 is 2.07 bits per heavy atom. The lowest BCUT2D eigenvalue weighted by Crippen LogP contribution is -2.30. The Balaban J connectivity index is 2.38. The van der Waals surface area contributed by atoms with E-state index < -0.39 is 6.03 Å². The highest BCUT2D eigenvalue weighted by atomic mass is 35.5. The standard InChI is InChI=1S/C10H12Cl2N2O/c11-8-4-3-7(6-9(8)12)2-1-5-14-10(13)15/h3-4,6H,1-2,5H2,(H3,13,14,15). The molecule has 0 aliphatic rings. The van der Waals surface area contributed by atoms with Crippen LogP contribution in [0.15, 0.2) is 18.2 Å². The van der Waals surface area contributed by atoms with E-state index in [0.29, 0.717) is 16.6 Å². The number of hydrogen-bond acceptors (Lipinski definition) is 1. The summed E-state index contributed by atoms with van der Waals surface area (Å²) in [4.78, 5) is 10.4. The predicted molar refractivity (Wildman–Crippen MR) is 62.4 cm³/mol. The molecule has 0 aliphatic carbocycles. The molecule has 0 saturated heterocycles. The van der Waals surface area contributed by atoms with Crippen molar-refractivity contribution in [3.63, 3.8) is 0 Å². The van der Waals surface area contributed by atoms with Gasteiger partial charge in [-0.15, -0.1) is 0 Å². The molecule has 1 aromatic rings. The zero-order valence-corrected chi connectivity index (χ0v) is 9.61. The Labute approximate surface area is 98.5 Å². The first kappa shape index (κ1) is 12.1. The molecule has 0 saturated carbocycles. The summed E-state index contributed by atoms with van der Waals surface area (Å²) in [6.07, 6.45) is 1.65. The largest absolute Gasteiger partial charge is 0.352 e. The van der Waals surface area contributed by atoms with Gasteiger partial charge in [-0.3, -0.25) is 0 Å². The first-order valence-corrected chi connectivity index (χ1v) is 5.32. The SMILES string of the molecule is NC(=O)NCCCc1ccc(Cl)c(Cl)c1. The zero-order chi connectivity index (χ0) is 11.3. The third-order valence-electron chi connectivity index (χ3n) is 1.93. The fraction of sp³-hybridized carbons (Fsp3) is 0.300. The maximum Gasteiger partial charge on any atom is 0.312 e. The number of halogens is 2. The molecule has 2 amide bonds. The highest BCUT2D eigenvalue weighted by Gasteiger charge is 1.99. The average molecular weight is 247 g/mol. The smallest absolute Gasteiger partial charge is 0.312 e. The number of hydrogen-bond donors (Lipinski definition) is 2. The van der Waals surface area contributed by atoms with Gasteiger partial charge in [0.15, 0.2) is 0 Å². The molecule has 0 bridgehead atoms. The van der Waals surface area contributed by atoms with Crippen LogP contribution in [0.2, 0.25) is 10.0 Å². The number of urea groups is 1. The second-order valence-electron chi connectivity index (χ2n) is 3.14. The van der Waals surface area contributed by atoms with Gasteiger partial charge in [-0.1, -0.05) is 29.3 Å². The Morgan fingerprint density at radius 1 is 1.33 bits per heavy atom. The van der Waals surface area contributed by atoms with Gasteiger partial charge in [0, 0.05) is 6.54 Å². The van der Waals surface area contributed by atoms with E-state index in [0.717, 1.165) is 18.4 Å². The van der Waals surface area contributed by atoms with E-state index in [2.05, 4.69) is 5.32 Å². The number of amides is 2. The van der Waals surface area contributed by atoms with Crippen molar-refractivity contribution in [3.05, 3.63) is 33.8 Å². The highest BCUT2D eigenvalue weighted by molar-refractivity contribution is 6.42. The van der Waals surface area contributed by atoms with Gasteiger partial charge in [0.2, 0.25) is 0 Å². The van der Waals surface area contributed by atoms with E-state index in [9.17, 15) is 4.79 Å². The second-order valence-corrected chi connectivity index (χ2v) is 3.96.